The van der Waals surface area contributed by atoms with E-state index in [-0.39, 0.29) is 37.2 Å². The van der Waals surface area contributed by atoms with Crippen LogP contribution in [0.25, 0.3) is 11.1 Å². The van der Waals surface area contributed by atoms with Gasteiger partial charge in [0.1, 0.15) is 24.1 Å². The molecule has 0 aromatic heterocycles. The first-order valence-corrected chi connectivity index (χ1v) is 20.4. The van der Waals surface area contributed by atoms with Crippen LogP contribution in [-0.4, -0.2) is 46.8 Å². The molecule has 2 aliphatic rings. The van der Waals surface area contributed by atoms with Crippen molar-refractivity contribution in [3.8, 4) is 28.7 Å². The summed E-state index contributed by atoms with van der Waals surface area (Å²) in [5.74, 6) is 0.257. The van der Waals surface area contributed by atoms with Gasteiger partial charge in [0.15, 0.2) is 0 Å². The predicted molar refractivity (Wildman–Crippen MR) is 236 cm³/mol. The van der Waals surface area contributed by atoms with E-state index < -0.39 is 12.1 Å². The molecule has 3 N–H and O–H groups in total. The minimum Gasteiger partial charge on any atom is -0.489 e. The van der Waals surface area contributed by atoms with E-state index in [0.29, 0.717) is 63.5 Å². The Kier molecular flexibility index (Phi) is 13.5. The molecule has 3 amide bonds. The zero-order valence-corrected chi connectivity index (χ0v) is 35.0. The molecule has 11 nitrogen and oxygen atoms in total. The van der Waals surface area contributed by atoms with Gasteiger partial charge in [0, 0.05) is 30.6 Å². The Labute approximate surface area is 368 Å². The zero-order valence-electron chi connectivity index (χ0n) is 33.4. The highest BCUT2D eigenvalue weighted by molar-refractivity contribution is 6.42. The zero-order chi connectivity index (χ0) is 43.8. The van der Waals surface area contributed by atoms with Crippen molar-refractivity contribution in [3.63, 3.8) is 0 Å². The van der Waals surface area contributed by atoms with Crippen LogP contribution in [0.3, 0.4) is 0 Å². The number of hydrogen-bond acceptors (Lipinski definition) is 7. The van der Waals surface area contributed by atoms with Gasteiger partial charge in [-0.05, 0) is 107 Å². The van der Waals surface area contributed by atoms with E-state index in [4.69, 9.17) is 47.8 Å². The number of amides is 3. The fourth-order valence-electron chi connectivity index (χ4n) is 7.38. The Hall–Kier alpha value is -7.13. The minimum absolute atomic E-state index is 0.178. The number of benzene rings is 6. The molecule has 2 atom stereocenters. The first kappa shape index (κ1) is 43.0. The van der Waals surface area contributed by atoms with E-state index in [1.807, 2.05) is 79.7 Å². The van der Waals surface area contributed by atoms with Crippen LogP contribution < -0.4 is 20.1 Å². The molecule has 62 heavy (non-hydrogen) atoms. The summed E-state index contributed by atoms with van der Waals surface area (Å²) >= 11 is 12.2. The van der Waals surface area contributed by atoms with E-state index in [2.05, 4.69) is 16.7 Å². The van der Waals surface area contributed by atoms with Crippen molar-refractivity contribution in [2.24, 2.45) is 0 Å². The predicted octanol–water partition coefficient (Wildman–Crippen LogP) is 9.12. The second kappa shape index (κ2) is 19.5. The number of fused-ring (bicyclic) bond motifs is 2. The van der Waals surface area contributed by atoms with Crippen molar-refractivity contribution in [2.75, 3.05) is 11.9 Å². The molecule has 8 rings (SSSR count). The van der Waals surface area contributed by atoms with Gasteiger partial charge in [-0.2, -0.15) is 5.26 Å². The number of hydrogen-bond donors (Lipinski definition) is 3. The summed E-state index contributed by atoms with van der Waals surface area (Å²) in [4.78, 5) is 51.5. The standard InChI is InChI=1S/C48H38Cl2N4O5.CH2O2/c1-29-3-2-4-36(21-29)48(57)54-27-38-25-44-42(53-47(56)45(59-44)35-14-16-39(17-15-35)58-28-32-9-18-40(49)41(50)22-32)23-37(38)24-43(54)46(55)52-20-19-30-5-10-33(11-6-30)34-12-7-31(26-51)8-13-34;2-1-3/h2-18,21-23,25,43,45H,19-20,24,27-28H2,1H3,(H,52,55)(H,53,56);1H,(H,2,3). The van der Waals surface area contributed by atoms with Gasteiger partial charge < -0.3 is 30.1 Å². The van der Waals surface area contributed by atoms with Crippen molar-refractivity contribution in [1.82, 2.24) is 10.2 Å². The topological polar surface area (TPSA) is 158 Å². The van der Waals surface area contributed by atoms with Gasteiger partial charge >= 0.3 is 0 Å². The second-order valence-electron chi connectivity index (χ2n) is 14.8. The first-order chi connectivity index (χ1) is 30.0. The molecule has 6 aromatic carbocycles. The second-order valence-corrected chi connectivity index (χ2v) is 15.6. The van der Waals surface area contributed by atoms with Gasteiger partial charge in [-0.1, -0.05) is 95.5 Å². The maximum Gasteiger partial charge on any atom is 0.290 e. The number of carbonyl (C=O) groups excluding carboxylic acids is 3. The van der Waals surface area contributed by atoms with Gasteiger partial charge in [0.2, 0.25) is 12.0 Å². The summed E-state index contributed by atoms with van der Waals surface area (Å²) in [6, 6.07) is 40.4. The lowest BCUT2D eigenvalue weighted by molar-refractivity contribution is -0.126. The lowest BCUT2D eigenvalue weighted by Gasteiger charge is -2.37. The fourth-order valence-corrected chi connectivity index (χ4v) is 7.71. The van der Waals surface area contributed by atoms with Crippen molar-refractivity contribution >= 4 is 53.1 Å². The van der Waals surface area contributed by atoms with Crippen molar-refractivity contribution in [1.29, 1.82) is 5.26 Å². The van der Waals surface area contributed by atoms with E-state index in [1.54, 1.807) is 59.5 Å². The number of anilines is 1. The van der Waals surface area contributed by atoms with E-state index in [1.165, 1.54) is 0 Å². The van der Waals surface area contributed by atoms with E-state index in [0.717, 1.165) is 38.9 Å². The monoisotopic (exact) mass is 866 g/mol. The number of carboxylic acid groups (broad SMARTS) is 1. The van der Waals surface area contributed by atoms with Gasteiger partial charge in [-0.25, -0.2) is 0 Å². The lowest BCUT2D eigenvalue weighted by Crippen LogP contribution is -2.53. The number of nitriles is 1. The molecule has 13 heteroatoms. The number of nitrogens with zero attached hydrogens (tertiary/aromatic N) is 2. The third kappa shape index (κ3) is 10.1. The van der Waals surface area contributed by atoms with Crippen LogP contribution in [0.1, 0.15) is 55.4 Å². The molecular weight excluding hydrogens is 827 g/mol. The highest BCUT2D eigenvalue weighted by Crippen LogP contribution is 2.40. The Bertz CT molecular complexity index is 2660. The molecular formula is C49H40Cl2N4O7. The lowest BCUT2D eigenvalue weighted by atomic mass is 9.91. The Morgan fingerprint density at radius 2 is 1.60 bits per heavy atom. The van der Waals surface area contributed by atoms with Gasteiger partial charge in [-0.3, -0.25) is 19.2 Å². The van der Waals surface area contributed by atoms with Crippen LogP contribution in [0.2, 0.25) is 10.0 Å². The summed E-state index contributed by atoms with van der Waals surface area (Å²) in [6.07, 6.45) is -0.0565. The average Bonchev–Trinajstić information content (AvgIpc) is 3.28. The normalized spacial score (nSPS) is 14.9. The summed E-state index contributed by atoms with van der Waals surface area (Å²) < 4.78 is 12.2. The summed E-state index contributed by atoms with van der Waals surface area (Å²) in [5, 5.41) is 23.0. The fraction of sp³-hybridized carbons (Fsp3) is 0.163. The summed E-state index contributed by atoms with van der Waals surface area (Å²) in [7, 11) is 0. The molecule has 0 bridgehead atoms. The van der Waals surface area contributed by atoms with E-state index in [9.17, 15) is 14.4 Å². The van der Waals surface area contributed by atoms with E-state index >= 15 is 0 Å². The van der Waals surface area contributed by atoms with Gasteiger partial charge in [0.05, 0.1) is 27.4 Å². The van der Waals surface area contributed by atoms with Crippen LogP contribution in [0.4, 0.5) is 5.69 Å². The molecule has 0 radical (unpaired) electrons. The third-order valence-electron chi connectivity index (χ3n) is 10.6. The Balaban J connectivity index is 0.00000187. The quantitative estimate of drug-likeness (QED) is 0.115. The SMILES string of the molecule is Cc1cccc(C(=O)N2Cc3cc4c(cc3CC2C(=O)NCCc2ccc(-c3ccc(C#N)cc3)cc2)NC(=O)C(c2ccc(OCc3ccc(Cl)c(Cl)c3)cc2)O4)c1.O=CO. The first-order valence-electron chi connectivity index (χ1n) is 19.7. The number of halogens is 2. The molecule has 0 saturated carbocycles. The molecule has 312 valence electrons. The van der Waals surface area contributed by atoms with Crippen LogP contribution in [0.15, 0.2) is 127 Å². The third-order valence-corrected chi connectivity index (χ3v) is 11.3. The number of rotatable bonds is 10. The average molecular weight is 868 g/mol. The maximum absolute atomic E-state index is 14.1. The Morgan fingerprint density at radius 1 is 0.903 bits per heavy atom. The van der Waals surface area contributed by atoms with Crippen LogP contribution >= 0.6 is 23.2 Å². The number of carbonyl (C=O) groups is 4. The molecule has 0 fully saturated rings. The van der Waals surface area contributed by atoms with Crippen LogP contribution in [0.5, 0.6) is 11.5 Å². The molecule has 0 saturated heterocycles. The minimum atomic E-state index is -0.913. The smallest absolute Gasteiger partial charge is 0.290 e. The molecule has 2 heterocycles. The van der Waals surface area contributed by atoms with Gasteiger partial charge in [-0.15, -0.1) is 0 Å². The van der Waals surface area contributed by atoms with Crippen molar-refractivity contribution < 1.29 is 33.8 Å². The molecule has 0 aliphatic carbocycles. The highest BCUT2D eigenvalue weighted by Gasteiger charge is 2.37. The van der Waals surface area contributed by atoms with Crippen LogP contribution in [0, 0.1) is 18.3 Å². The Morgan fingerprint density at radius 3 is 2.27 bits per heavy atom. The number of nitrogens with one attached hydrogen (secondary N) is 2. The molecule has 2 unspecified atom stereocenters. The highest BCUT2D eigenvalue weighted by atomic mass is 35.5. The molecule has 0 spiro atoms. The van der Waals surface area contributed by atoms with Gasteiger partial charge in [0.25, 0.3) is 18.3 Å². The molecule has 6 aromatic rings. The van der Waals surface area contributed by atoms with Crippen LogP contribution in [-0.2, 0) is 40.4 Å². The number of ether oxygens (including phenoxy) is 2. The number of aryl methyl sites for hydroxylation is 1. The van der Waals surface area contributed by atoms with Crippen molar-refractivity contribution in [2.45, 2.75) is 45.1 Å². The largest absolute Gasteiger partial charge is 0.489 e. The summed E-state index contributed by atoms with van der Waals surface area (Å²) in [5.41, 5.74) is 8.84. The maximum atomic E-state index is 14.1. The molecule has 2 aliphatic heterocycles. The van der Waals surface area contributed by atoms with Crippen molar-refractivity contribution in [3.05, 3.63) is 182 Å². The summed E-state index contributed by atoms with van der Waals surface area (Å²) in [6.45, 7) is 2.52.